The summed E-state index contributed by atoms with van der Waals surface area (Å²) >= 11 is 0. The standard InChI is InChI=1S/C13H20N2O2/c1-4-9-15(10(2)13(16)17-3)12-7-5-11(14)6-8-12/h5-8,10H,4,9,14H2,1-3H3. The number of nitrogens with two attached hydrogens (primary N) is 1. The number of anilines is 2. The SMILES string of the molecule is CCCN(c1ccc(N)cc1)C(C)C(=O)OC. The van der Waals surface area contributed by atoms with Crippen molar-refractivity contribution < 1.29 is 9.53 Å². The number of hydrogen-bond acceptors (Lipinski definition) is 4. The van der Waals surface area contributed by atoms with Gasteiger partial charge in [0.15, 0.2) is 0 Å². The van der Waals surface area contributed by atoms with Crippen LogP contribution in [0.25, 0.3) is 0 Å². The van der Waals surface area contributed by atoms with E-state index in [1.54, 1.807) is 0 Å². The van der Waals surface area contributed by atoms with E-state index in [-0.39, 0.29) is 12.0 Å². The van der Waals surface area contributed by atoms with Crippen LogP contribution in [-0.2, 0) is 9.53 Å². The summed E-state index contributed by atoms with van der Waals surface area (Å²) < 4.78 is 4.78. The maximum atomic E-state index is 11.6. The Labute approximate surface area is 102 Å². The summed E-state index contributed by atoms with van der Waals surface area (Å²) in [6, 6.07) is 7.22. The molecule has 0 aliphatic rings. The zero-order valence-electron chi connectivity index (χ0n) is 10.6. The second kappa shape index (κ2) is 6.13. The number of benzene rings is 1. The number of hydrogen-bond donors (Lipinski definition) is 1. The van der Waals surface area contributed by atoms with Gasteiger partial charge in [0.2, 0.25) is 0 Å². The van der Waals surface area contributed by atoms with E-state index in [9.17, 15) is 4.79 Å². The lowest BCUT2D eigenvalue weighted by Crippen LogP contribution is -2.40. The predicted molar refractivity (Wildman–Crippen MR) is 70.0 cm³/mol. The highest BCUT2D eigenvalue weighted by atomic mass is 16.5. The summed E-state index contributed by atoms with van der Waals surface area (Å²) in [5.41, 5.74) is 7.36. The van der Waals surface area contributed by atoms with Gasteiger partial charge >= 0.3 is 5.97 Å². The largest absolute Gasteiger partial charge is 0.467 e. The fourth-order valence-electron chi connectivity index (χ4n) is 1.75. The first-order chi connectivity index (χ1) is 8.10. The minimum atomic E-state index is -0.288. The van der Waals surface area contributed by atoms with E-state index in [0.29, 0.717) is 0 Å². The smallest absolute Gasteiger partial charge is 0.328 e. The molecule has 1 unspecified atom stereocenters. The van der Waals surface area contributed by atoms with Crippen LogP contribution in [0, 0.1) is 0 Å². The molecule has 1 atom stereocenters. The van der Waals surface area contributed by atoms with Gasteiger partial charge in [0.25, 0.3) is 0 Å². The third-order valence-electron chi connectivity index (χ3n) is 2.70. The van der Waals surface area contributed by atoms with Gasteiger partial charge in [-0.1, -0.05) is 6.92 Å². The summed E-state index contributed by atoms with van der Waals surface area (Å²) in [6.07, 6.45) is 0.964. The summed E-state index contributed by atoms with van der Waals surface area (Å²) in [5, 5.41) is 0. The molecule has 4 heteroatoms. The molecule has 1 aromatic carbocycles. The van der Waals surface area contributed by atoms with Crippen molar-refractivity contribution in [3.05, 3.63) is 24.3 Å². The number of methoxy groups -OCH3 is 1. The third-order valence-corrected chi connectivity index (χ3v) is 2.70. The van der Waals surface area contributed by atoms with Crippen LogP contribution < -0.4 is 10.6 Å². The quantitative estimate of drug-likeness (QED) is 0.628. The topological polar surface area (TPSA) is 55.6 Å². The van der Waals surface area contributed by atoms with Crippen LogP contribution in [0.3, 0.4) is 0 Å². The maximum Gasteiger partial charge on any atom is 0.328 e. The minimum Gasteiger partial charge on any atom is -0.467 e. The Bertz CT molecular complexity index is 362. The average molecular weight is 236 g/mol. The number of carbonyl (C=O) groups excluding carboxylic acids is 1. The highest BCUT2D eigenvalue weighted by Gasteiger charge is 2.21. The van der Waals surface area contributed by atoms with Crippen LogP contribution in [0.4, 0.5) is 11.4 Å². The molecule has 2 N–H and O–H groups in total. The molecule has 0 aliphatic carbocycles. The molecule has 0 bridgehead atoms. The fraction of sp³-hybridized carbons (Fsp3) is 0.462. The Morgan fingerprint density at radius 3 is 2.47 bits per heavy atom. The highest BCUT2D eigenvalue weighted by molar-refractivity contribution is 5.79. The molecule has 0 radical (unpaired) electrons. The Balaban J connectivity index is 2.92. The summed E-state index contributed by atoms with van der Waals surface area (Å²) in [4.78, 5) is 13.6. The molecule has 0 fully saturated rings. The summed E-state index contributed by atoms with van der Waals surface area (Å²) in [6.45, 7) is 4.73. The van der Waals surface area contributed by atoms with Crippen LogP contribution in [0.2, 0.25) is 0 Å². The van der Waals surface area contributed by atoms with Gasteiger partial charge in [-0.25, -0.2) is 4.79 Å². The van der Waals surface area contributed by atoms with Crippen LogP contribution >= 0.6 is 0 Å². The van der Waals surface area contributed by atoms with Crippen molar-refractivity contribution in [2.24, 2.45) is 0 Å². The van der Waals surface area contributed by atoms with E-state index in [0.717, 1.165) is 24.3 Å². The molecule has 0 aromatic heterocycles. The van der Waals surface area contributed by atoms with Crippen molar-refractivity contribution in [3.8, 4) is 0 Å². The molecule has 0 saturated heterocycles. The Kier molecular flexibility index (Phi) is 4.82. The molecule has 0 spiro atoms. The molecule has 0 heterocycles. The van der Waals surface area contributed by atoms with E-state index in [2.05, 4.69) is 6.92 Å². The monoisotopic (exact) mass is 236 g/mol. The van der Waals surface area contributed by atoms with Gasteiger partial charge in [0.05, 0.1) is 7.11 Å². The Morgan fingerprint density at radius 1 is 1.41 bits per heavy atom. The van der Waals surface area contributed by atoms with E-state index in [1.807, 2.05) is 36.1 Å². The zero-order valence-corrected chi connectivity index (χ0v) is 10.6. The molecule has 1 aromatic rings. The Morgan fingerprint density at radius 2 is 2.00 bits per heavy atom. The molecular formula is C13H20N2O2. The van der Waals surface area contributed by atoms with E-state index in [1.165, 1.54) is 7.11 Å². The second-order valence-corrected chi connectivity index (χ2v) is 3.98. The van der Waals surface area contributed by atoms with Crippen LogP contribution in [0.5, 0.6) is 0 Å². The molecule has 1 rings (SSSR count). The first-order valence-corrected chi connectivity index (χ1v) is 5.80. The minimum absolute atomic E-state index is 0.227. The lowest BCUT2D eigenvalue weighted by atomic mass is 10.2. The van der Waals surface area contributed by atoms with Crippen molar-refractivity contribution in [3.63, 3.8) is 0 Å². The lowest BCUT2D eigenvalue weighted by molar-refractivity contribution is -0.141. The first kappa shape index (κ1) is 13.4. The number of nitrogens with zero attached hydrogens (tertiary/aromatic N) is 1. The van der Waals surface area contributed by atoms with Gasteiger partial charge < -0.3 is 15.4 Å². The van der Waals surface area contributed by atoms with Gasteiger partial charge in [0, 0.05) is 17.9 Å². The van der Waals surface area contributed by atoms with Gasteiger partial charge in [-0.05, 0) is 37.6 Å². The summed E-state index contributed by atoms with van der Waals surface area (Å²) in [5.74, 6) is -0.227. The molecular weight excluding hydrogens is 216 g/mol. The van der Waals surface area contributed by atoms with Gasteiger partial charge in [-0.3, -0.25) is 0 Å². The summed E-state index contributed by atoms with van der Waals surface area (Å²) in [7, 11) is 1.41. The van der Waals surface area contributed by atoms with Crippen LogP contribution in [-0.4, -0.2) is 25.7 Å². The van der Waals surface area contributed by atoms with Crippen molar-refractivity contribution in [2.75, 3.05) is 24.3 Å². The van der Waals surface area contributed by atoms with Crippen molar-refractivity contribution in [1.29, 1.82) is 0 Å². The van der Waals surface area contributed by atoms with E-state index >= 15 is 0 Å². The second-order valence-electron chi connectivity index (χ2n) is 3.98. The number of carbonyl (C=O) groups is 1. The normalized spacial score (nSPS) is 11.9. The zero-order chi connectivity index (χ0) is 12.8. The van der Waals surface area contributed by atoms with E-state index in [4.69, 9.17) is 10.5 Å². The predicted octanol–water partition coefficient (Wildman–Crippen LogP) is 2.05. The number of ether oxygens (including phenoxy) is 1. The first-order valence-electron chi connectivity index (χ1n) is 5.80. The average Bonchev–Trinajstić information content (AvgIpc) is 2.35. The van der Waals surface area contributed by atoms with Crippen LogP contribution in [0.15, 0.2) is 24.3 Å². The Hall–Kier alpha value is -1.71. The molecule has 0 saturated carbocycles. The molecule has 4 nitrogen and oxygen atoms in total. The lowest BCUT2D eigenvalue weighted by Gasteiger charge is -2.29. The molecule has 0 aliphatic heterocycles. The van der Waals surface area contributed by atoms with Gasteiger partial charge in [-0.15, -0.1) is 0 Å². The van der Waals surface area contributed by atoms with Gasteiger partial charge in [-0.2, -0.15) is 0 Å². The molecule has 17 heavy (non-hydrogen) atoms. The maximum absolute atomic E-state index is 11.6. The number of esters is 1. The molecule has 0 amide bonds. The van der Waals surface area contributed by atoms with Crippen molar-refractivity contribution >= 4 is 17.3 Å². The number of nitrogen functional groups attached to an aromatic ring is 1. The number of rotatable bonds is 5. The van der Waals surface area contributed by atoms with Crippen molar-refractivity contribution in [1.82, 2.24) is 0 Å². The highest BCUT2D eigenvalue weighted by Crippen LogP contribution is 2.19. The van der Waals surface area contributed by atoms with Gasteiger partial charge in [0.1, 0.15) is 6.04 Å². The van der Waals surface area contributed by atoms with E-state index < -0.39 is 0 Å². The molecule has 94 valence electrons. The van der Waals surface area contributed by atoms with Crippen LogP contribution in [0.1, 0.15) is 20.3 Å². The third kappa shape index (κ3) is 3.37. The van der Waals surface area contributed by atoms with Crippen molar-refractivity contribution in [2.45, 2.75) is 26.3 Å². The fourth-order valence-corrected chi connectivity index (χ4v) is 1.75.